The van der Waals surface area contributed by atoms with Crippen LogP contribution in [-0.4, -0.2) is 53.8 Å². The Morgan fingerprint density at radius 2 is 1.35 bits per heavy atom. The molecule has 2 aliphatic rings. The van der Waals surface area contributed by atoms with Crippen molar-refractivity contribution < 1.29 is 19.1 Å². The molecule has 31 heavy (non-hydrogen) atoms. The summed E-state index contributed by atoms with van der Waals surface area (Å²) in [7, 11) is 0. The topological polar surface area (TPSA) is 59.1 Å². The maximum absolute atomic E-state index is 12.3. The first kappa shape index (κ1) is 23.2. The largest absolute Gasteiger partial charge is 0.445 e. The van der Waals surface area contributed by atoms with E-state index in [2.05, 4.69) is 12.2 Å². The molecule has 2 saturated heterocycles. The van der Waals surface area contributed by atoms with Crippen LogP contribution in [0.5, 0.6) is 0 Å². The van der Waals surface area contributed by atoms with E-state index in [-0.39, 0.29) is 12.2 Å². The Labute approximate surface area is 186 Å². The highest BCUT2D eigenvalue weighted by molar-refractivity contribution is 5.68. The van der Waals surface area contributed by atoms with Crippen molar-refractivity contribution in [2.75, 3.05) is 26.2 Å². The van der Waals surface area contributed by atoms with E-state index < -0.39 is 5.60 Å². The summed E-state index contributed by atoms with van der Waals surface area (Å²) in [5, 5.41) is 0. The molecule has 6 heteroatoms. The molecule has 2 fully saturated rings. The van der Waals surface area contributed by atoms with Crippen LogP contribution in [0, 0.1) is 11.8 Å². The van der Waals surface area contributed by atoms with Crippen LogP contribution in [0.2, 0.25) is 0 Å². The van der Waals surface area contributed by atoms with Gasteiger partial charge in [-0.25, -0.2) is 9.59 Å². The summed E-state index contributed by atoms with van der Waals surface area (Å²) in [6, 6.07) is 9.77. The van der Waals surface area contributed by atoms with Crippen molar-refractivity contribution in [1.82, 2.24) is 9.80 Å². The van der Waals surface area contributed by atoms with Gasteiger partial charge in [0, 0.05) is 26.2 Å². The highest BCUT2D eigenvalue weighted by atomic mass is 16.6. The lowest BCUT2D eigenvalue weighted by Gasteiger charge is -2.33. The molecule has 0 N–H and O–H groups in total. The van der Waals surface area contributed by atoms with Gasteiger partial charge in [0.05, 0.1) is 0 Å². The molecule has 1 aromatic rings. The zero-order valence-electron chi connectivity index (χ0n) is 19.1. The number of rotatable bonds is 4. The summed E-state index contributed by atoms with van der Waals surface area (Å²) in [4.78, 5) is 28.1. The van der Waals surface area contributed by atoms with E-state index in [1.54, 1.807) is 0 Å². The predicted molar refractivity (Wildman–Crippen MR) is 121 cm³/mol. The third-order valence-electron chi connectivity index (χ3n) is 5.85. The van der Waals surface area contributed by atoms with Crippen LogP contribution in [0.25, 0.3) is 0 Å². The van der Waals surface area contributed by atoms with Crippen molar-refractivity contribution >= 4 is 12.2 Å². The molecule has 170 valence electrons. The van der Waals surface area contributed by atoms with E-state index in [9.17, 15) is 9.59 Å². The number of benzene rings is 1. The standard InChI is InChI=1S/C25H36N2O4/c1-25(2,3)31-24(29)27-17-13-21(14-18-27)10-9-20-11-15-26(16-12-20)23(28)30-19-22-7-5-4-6-8-22/h4-10,20-21H,11-19H2,1-3H3. The van der Waals surface area contributed by atoms with Gasteiger partial charge in [-0.2, -0.15) is 0 Å². The zero-order chi connectivity index (χ0) is 22.3. The lowest BCUT2D eigenvalue weighted by atomic mass is 9.91. The minimum Gasteiger partial charge on any atom is -0.445 e. The molecule has 0 bridgehead atoms. The number of hydrogen-bond acceptors (Lipinski definition) is 4. The minimum absolute atomic E-state index is 0.207. The van der Waals surface area contributed by atoms with E-state index in [0.29, 0.717) is 18.4 Å². The number of hydrogen-bond donors (Lipinski definition) is 0. The quantitative estimate of drug-likeness (QED) is 0.616. The van der Waals surface area contributed by atoms with Crippen LogP contribution < -0.4 is 0 Å². The smallest absolute Gasteiger partial charge is 0.410 e. The Morgan fingerprint density at radius 1 is 0.871 bits per heavy atom. The van der Waals surface area contributed by atoms with Crippen LogP contribution in [0.15, 0.2) is 42.5 Å². The number of allylic oxidation sites excluding steroid dienone is 2. The molecule has 0 spiro atoms. The average molecular weight is 429 g/mol. The number of carbonyl (C=O) groups excluding carboxylic acids is 2. The summed E-state index contributed by atoms with van der Waals surface area (Å²) in [6.07, 6.45) is 8.09. The molecule has 0 aromatic heterocycles. The normalized spacial score (nSPS) is 18.9. The second-order valence-electron chi connectivity index (χ2n) is 9.55. The van der Waals surface area contributed by atoms with Gasteiger partial charge in [0.15, 0.2) is 0 Å². The van der Waals surface area contributed by atoms with Crippen LogP contribution >= 0.6 is 0 Å². The van der Waals surface area contributed by atoms with Crippen molar-refractivity contribution in [2.45, 2.75) is 58.7 Å². The Bertz CT molecular complexity index is 741. The van der Waals surface area contributed by atoms with Crippen molar-refractivity contribution in [3.8, 4) is 0 Å². The van der Waals surface area contributed by atoms with E-state index in [1.807, 2.05) is 60.9 Å². The Kier molecular flexibility index (Phi) is 7.99. The maximum atomic E-state index is 12.3. The van der Waals surface area contributed by atoms with Crippen molar-refractivity contribution in [2.24, 2.45) is 11.8 Å². The van der Waals surface area contributed by atoms with Gasteiger partial charge >= 0.3 is 12.2 Å². The highest BCUT2D eigenvalue weighted by Gasteiger charge is 2.27. The van der Waals surface area contributed by atoms with Gasteiger partial charge in [-0.1, -0.05) is 42.5 Å². The number of ether oxygens (including phenoxy) is 2. The van der Waals surface area contributed by atoms with Gasteiger partial charge in [-0.3, -0.25) is 0 Å². The summed E-state index contributed by atoms with van der Waals surface area (Å²) in [5.74, 6) is 1.01. The molecule has 0 aliphatic carbocycles. The van der Waals surface area contributed by atoms with Gasteiger partial charge in [0.2, 0.25) is 0 Å². The van der Waals surface area contributed by atoms with Crippen molar-refractivity contribution in [3.63, 3.8) is 0 Å². The maximum Gasteiger partial charge on any atom is 0.410 e. The molecule has 2 heterocycles. The fraction of sp³-hybridized carbons (Fsp3) is 0.600. The van der Waals surface area contributed by atoms with Crippen LogP contribution in [-0.2, 0) is 16.1 Å². The molecule has 0 unspecified atom stereocenters. The summed E-state index contributed by atoms with van der Waals surface area (Å²) in [6.45, 7) is 8.98. The van der Waals surface area contributed by atoms with Crippen LogP contribution in [0.4, 0.5) is 9.59 Å². The van der Waals surface area contributed by atoms with Gasteiger partial charge < -0.3 is 19.3 Å². The first-order valence-corrected chi connectivity index (χ1v) is 11.4. The molecular weight excluding hydrogens is 392 g/mol. The summed E-state index contributed by atoms with van der Waals surface area (Å²) < 4.78 is 10.9. The molecule has 6 nitrogen and oxygen atoms in total. The molecule has 3 rings (SSSR count). The second-order valence-corrected chi connectivity index (χ2v) is 9.55. The van der Waals surface area contributed by atoms with E-state index >= 15 is 0 Å². The van der Waals surface area contributed by atoms with Crippen LogP contribution in [0.3, 0.4) is 0 Å². The van der Waals surface area contributed by atoms with E-state index in [1.165, 1.54) is 0 Å². The molecule has 0 saturated carbocycles. The average Bonchev–Trinajstić information content (AvgIpc) is 2.76. The molecular formula is C25H36N2O4. The lowest BCUT2D eigenvalue weighted by Crippen LogP contribution is -2.41. The van der Waals surface area contributed by atoms with Gasteiger partial charge in [-0.15, -0.1) is 0 Å². The number of nitrogens with zero attached hydrogens (tertiary/aromatic N) is 2. The molecule has 2 aliphatic heterocycles. The summed E-state index contributed by atoms with van der Waals surface area (Å²) >= 11 is 0. The highest BCUT2D eigenvalue weighted by Crippen LogP contribution is 2.24. The minimum atomic E-state index is -0.448. The summed E-state index contributed by atoms with van der Waals surface area (Å²) in [5.41, 5.74) is 0.558. The van der Waals surface area contributed by atoms with Crippen LogP contribution in [0.1, 0.15) is 52.0 Å². The predicted octanol–water partition coefficient (Wildman–Crippen LogP) is 5.24. The number of amides is 2. The monoisotopic (exact) mass is 428 g/mol. The molecule has 2 amide bonds. The third kappa shape index (κ3) is 7.60. The first-order valence-electron chi connectivity index (χ1n) is 11.4. The molecule has 1 aromatic carbocycles. The lowest BCUT2D eigenvalue weighted by molar-refractivity contribution is 0.0197. The number of carbonyl (C=O) groups is 2. The molecule has 0 atom stereocenters. The number of piperidine rings is 2. The van der Waals surface area contributed by atoms with Gasteiger partial charge in [0.25, 0.3) is 0 Å². The van der Waals surface area contributed by atoms with E-state index in [0.717, 1.165) is 57.4 Å². The van der Waals surface area contributed by atoms with E-state index in [4.69, 9.17) is 9.47 Å². The van der Waals surface area contributed by atoms with Gasteiger partial charge in [-0.05, 0) is 63.9 Å². The fourth-order valence-corrected chi connectivity index (χ4v) is 4.00. The van der Waals surface area contributed by atoms with Crippen molar-refractivity contribution in [1.29, 1.82) is 0 Å². The third-order valence-corrected chi connectivity index (χ3v) is 5.85. The second kappa shape index (κ2) is 10.7. The van der Waals surface area contributed by atoms with Crippen molar-refractivity contribution in [3.05, 3.63) is 48.0 Å². The Morgan fingerprint density at radius 3 is 1.84 bits per heavy atom. The SMILES string of the molecule is CC(C)(C)OC(=O)N1CCC(C=CC2CCN(C(=O)OCc3ccccc3)CC2)CC1. The fourth-order valence-electron chi connectivity index (χ4n) is 4.00. The Balaban J connectivity index is 1.34. The zero-order valence-corrected chi connectivity index (χ0v) is 19.1. The first-order chi connectivity index (χ1) is 14.8. The number of likely N-dealkylation sites (tertiary alicyclic amines) is 2. The van der Waals surface area contributed by atoms with Gasteiger partial charge in [0.1, 0.15) is 12.2 Å². The molecule has 0 radical (unpaired) electrons. The Hall–Kier alpha value is -2.50.